The number of benzene rings is 1. The Labute approximate surface area is 91.6 Å². The molecule has 0 unspecified atom stereocenters. The summed E-state index contributed by atoms with van der Waals surface area (Å²) in [6, 6.07) is 9.00. The Morgan fingerprint density at radius 2 is 1.71 bits per heavy atom. The van der Waals surface area contributed by atoms with Crippen LogP contribution in [0.3, 0.4) is 0 Å². The SMILES string of the molecule is CO[SiH](Cc1ccccc1CCl)OC. The molecule has 0 heterocycles. The molecule has 0 radical (unpaired) electrons. The van der Waals surface area contributed by atoms with Crippen molar-refractivity contribution in [1.29, 1.82) is 0 Å². The van der Waals surface area contributed by atoms with Crippen molar-refractivity contribution in [3.05, 3.63) is 35.4 Å². The first-order valence-electron chi connectivity index (χ1n) is 4.50. The fraction of sp³-hybridized carbons (Fsp3) is 0.400. The molecule has 0 fully saturated rings. The van der Waals surface area contributed by atoms with Crippen molar-refractivity contribution in [1.82, 2.24) is 0 Å². The first-order chi connectivity index (χ1) is 6.81. The van der Waals surface area contributed by atoms with E-state index in [-0.39, 0.29) is 0 Å². The lowest BCUT2D eigenvalue weighted by molar-refractivity contribution is 0.277. The zero-order valence-electron chi connectivity index (χ0n) is 8.50. The van der Waals surface area contributed by atoms with Crippen LogP contribution >= 0.6 is 11.6 Å². The number of rotatable bonds is 5. The summed E-state index contributed by atoms with van der Waals surface area (Å²) in [5.41, 5.74) is 2.41. The minimum Gasteiger partial charge on any atom is -0.400 e. The fourth-order valence-corrected chi connectivity index (χ4v) is 2.87. The van der Waals surface area contributed by atoms with Gasteiger partial charge in [-0.05, 0) is 11.1 Å². The van der Waals surface area contributed by atoms with E-state index < -0.39 is 9.28 Å². The molecule has 0 aliphatic rings. The third-order valence-electron chi connectivity index (χ3n) is 2.17. The molecule has 0 aliphatic heterocycles. The molecule has 14 heavy (non-hydrogen) atoms. The highest BCUT2D eigenvalue weighted by atomic mass is 35.5. The van der Waals surface area contributed by atoms with Crippen LogP contribution < -0.4 is 0 Å². The summed E-state index contributed by atoms with van der Waals surface area (Å²) in [6.07, 6.45) is 0. The van der Waals surface area contributed by atoms with Gasteiger partial charge in [-0.2, -0.15) is 0 Å². The van der Waals surface area contributed by atoms with Gasteiger partial charge in [0.2, 0.25) is 0 Å². The average Bonchev–Trinajstić information content (AvgIpc) is 2.26. The Kier molecular flexibility index (Phi) is 5.18. The second kappa shape index (κ2) is 6.19. The smallest absolute Gasteiger partial charge is 0.325 e. The lowest BCUT2D eigenvalue weighted by Crippen LogP contribution is -2.23. The molecular formula is C10H15ClO2Si. The Morgan fingerprint density at radius 1 is 1.14 bits per heavy atom. The molecule has 0 atom stereocenters. The van der Waals surface area contributed by atoms with Gasteiger partial charge in [-0.25, -0.2) is 0 Å². The van der Waals surface area contributed by atoms with Crippen molar-refractivity contribution in [3.63, 3.8) is 0 Å². The Balaban J connectivity index is 2.74. The largest absolute Gasteiger partial charge is 0.400 e. The normalized spacial score (nSPS) is 10.9. The Morgan fingerprint density at radius 3 is 2.21 bits per heavy atom. The standard InChI is InChI=1S/C10H15ClO2Si/c1-12-14(13-2)8-10-6-4-3-5-9(10)7-11/h3-6,14H,7-8H2,1-2H3. The summed E-state index contributed by atoms with van der Waals surface area (Å²) in [5.74, 6) is 0.546. The molecule has 0 spiro atoms. The van der Waals surface area contributed by atoms with Gasteiger partial charge in [0.05, 0.1) is 0 Å². The van der Waals surface area contributed by atoms with Crippen LogP contribution in [-0.2, 0) is 20.8 Å². The molecule has 0 saturated heterocycles. The highest BCUT2D eigenvalue weighted by Crippen LogP contribution is 2.13. The summed E-state index contributed by atoms with van der Waals surface area (Å²) in [4.78, 5) is 0. The zero-order valence-corrected chi connectivity index (χ0v) is 10.4. The summed E-state index contributed by atoms with van der Waals surface area (Å²) in [5, 5.41) is 0. The van der Waals surface area contributed by atoms with Crippen molar-refractivity contribution in [2.45, 2.75) is 11.9 Å². The van der Waals surface area contributed by atoms with E-state index in [9.17, 15) is 0 Å². The second-order valence-corrected chi connectivity index (χ2v) is 5.48. The Bertz CT molecular complexity index is 277. The maximum atomic E-state index is 5.84. The topological polar surface area (TPSA) is 18.5 Å². The monoisotopic (exact) mass is 230 g/mol. The van der Waals surface area contributed by atoms with E-state index >= 15 is 0 Å². The molecule has 78 valence electrons. The fourth-order valence-electron chi connectivity index (χ4n) is 1.33. The average molecular weight is 231 g/mol. The van der Waals surface area contributed by atoms with Gasteiger partial charge >= 0.3 is 9.28 Å². The second-order valence-electron chi connectivity index (χ2n) is 3.01. The molecule has 0 aliphatic carbocycles. The van der Waals surface area contributed by atoms with Crippen LogP contribution in [0, 0.1) is 0 Å². The molecule has 1 aromatic rings. The number of hydrogen-bond acceptors (Lipinski definition) is 2. The molecule has 0 aromatic heterocycles. The van der Waals surface area contributed by atoms with E-state index in [0.29, 0.717) is 5.88 Å². The van der Waals surface area contributed by atoms with Gasteiger partial charge in [-0.15, -0.1) is 11.6 Å². The minimum atomic E-state index is -1.52. The summed E-state index contributed by atoms with van der Waals surface area (Å²) < 4.78 is 10.6. The molecule has 0 saturated carbocycles. The van der Waals surface area contributed by atoms with E-state index in [4.69, 9.17) is 20.5 Å². The van der Waals surface area contributed by atoms with Crippen molar-refractivity contribution < 1.29 is 8.85 Å². The van der Waals surface area contributed by atoms with E-state index in [1.807, 2.05) is 18.2 Å². The molecule has 1 rings (SSSR count). The van der Waals surface area contributed by atoms with E-state index in [0.717, 1.165) is 6.04 Å². The summed E-state index contributed by atoms with van der Waals surface area (Å²) in [7, 11) is 1.88. The van der Waals surface area contributed by atoms with E-state index in [2.05, 4.69) is 6.07 Å². The van der Waals surface area contributed by atoms with Gasteiger partial charge < -0.3 is 8.85 Å². The summed E-state index contributed by atoms with van der Waals surface area (Å²) >= 11 is 5.84. The van der Waals surface area contributed by atoms with Crippen LogP contribution in [0.2, 0.25) is 0 Å². The van der Waals surface area contributed by atoms with Crippen LogP contribution in [0.4, 0.5) is 0 Å². The molecule has 0 bridgehead atoms. The van der Waals surface area contributed by atoms with Gasteiger partial charge in [-0.1, -0.05) is 24.3 Å². The van der Waals surface area contributed by atoms with Crippen LogP contribution in [0.5, 0.6) is 0 Å². The highest BCUT2D eigenvalue weighted by Gasteiger charge is 2.12. The maximum absolute atomic E-state index is 5.84. The van der Waals surface area contributed by atoms with Crippen LogP contribution in [0.15, 0.2) is 24.3 Å². The van der Waals surface area contributed by atoms with Gasteiger partial charge in [-0.3, -0.25) is 0 Å². The van der Waals surface area contributed by atoms with Crippen molar-refractivity contribution in [2.24, 2.45) is 0 Å². The van der Waals surface area contributed by atoms with Crippen molar-refractivity contribution in [3.8, 4) is 0 Å². The van der Waals surface area contributed by atoms with Crippen molar-refractivity contribution in [2.75, 3.05) is 14.2 Å². The molecule has 0 N–H and O–H groups in total. The molecule has 4 heteroatoms. The first kappa shape index (κ1) is 11.7. The van der Waals surface area contributed by atoms with E-state index in [1.54, 1.807) is 14.2 Å². The zero-order chi connectivity index (χ0) is 10.4. The molecule has 2 nitrogen and oxygen atoms in total. The Hall–Kier alpha value is -0.353. The van der Waals surface area contributed by atoms with Crippen LogP contribution in [-0.4, -0.2) is 23.5 Å². The van der Waals surface area contributed by atoms with Crippen LogP contribution in [0.1, 0.15) is 11.1 Å². The van der Waals surface area contributed by atoms with Gasteiger partial charge in [0.25, 0.3) is 0 Å². The molecule has 0 amide bonds. The maximum Gasteiger partial charge on any atom is 0.325 e. The van der Waals surface area contributed by atoms with Gasteiger partial charge in [0.15, 0.2) is 0 Å². The van der Waals surface area contributed by atoms with Crippen molar-refractivity contribution >= 4 is 20.9 Å². The third-order valence-corrected chi connectivity index (χ3v) is 4.29. The van der Waals surface area contributed by atoms with Gasteiger partial charge in [0.1, 0.15) is 0 Å². The number of hydrogen-bond donors (Lipinski definition) is 0. The van der Waals surface area contributed by atoms with E-state index in [1.165, 1.54) is 11.1 Å². The lowest BCUT2D eigenvalue weighted by Gasteiger charge is -2.12. The summed E-state index contributed by atoms with van der Waals surface area (Å²) in [6.45, 7) is 0. The first-order valence-corrected chi connectivity index (χ1v) is 6.79. The van der Waals surface area contributed by atoms with Crippen LogP contribution in [0.25, 0.3) is 0 Å². The third kappa shape index (κ3) is 3.10. The lowest BCUT2D eigenvalue weighted by atomic mass is 10.1. The molecule has 1 aromatic carbocycles. The number of halogens is 1. The minimum absolute atomic E-state index is 0.546. The van der Waals surface area contributed by atoms with Gasteiger partial charge in [0, 0.05) is 26.1 Å². The molecular weight excluding hydrogens is 216 g/mol. The predicted molar refractivity (Wildman–Crippen MR) is 60.9 cm³/mol. The number of alkyl halides is 1. The highest BCUT2D eigenvalue weighted by molar-refractivity contribution is 6.43. The quantitative estimate of drug-likeness (QED) is 0.569. The predicted octanol–water partition coefficient (Wildman–Crippen LogP) is 2.02.